The maximum atomic E-state index is 12.8. The highest BCUT2D eigenvalue weighted by molar-refractivity contribution is 7.91. The van der Waals surface area contributed by atoms with E-state index in [-0.39, 0.29) is 9.92 Å². The van der Waals surface area contributed by atoms with E-state index in [1.807, 2.05) is 6.07 Å². The van der Waals surface area contributed by atoms with Gasteiger partial charge in [-0.25, -0.2) is 8.42 Å². The van der Waals surface area contributed by atoms with Gasteiger partial charge in [-0.05, 0) is 36.5 Å². The molecule has 0 unspecified atom stereocenters. The summed E-state index contributed by atoms with van der Waals surface area (Å²) in [6.07, 6.45) is -6.06. The van der Waals surface area contributed by atoms with E-state index in [1.165, 1.54) is 25.3 Å². The zero-order chi connectivity index (χ0) is 23.5. The molecule has 6 nitrogen and oxygen atoms in total. The van der Waals surface area contributed by atoms with Gasteiger partial charge in [0, 0.05) is 16.1 Å². The monoisotopic (exact) mass is 488 g/mol. The fraction of sp³-hybridized carbons (Fsp3) is 0.381. The van der Waals surface area contributed by atoms with Crippen LogP contribution in [0.4, 0.5) is 13.2 Å². The molecular weight excluding hydrogens is 469 g/mol. The molecule has 1 saturated carbocycles. The smallest absolute Gasteiger partial charge is 0.417 e. The van der Waals surface area contributed by atoms with Gasteiger partial charge in [0.05, 0.1) is 29.9 Å². The van der Waals surface area contributed by atoms with E-state index < -0.39 is 46.1 Å². The molecule has 2 aliphatic rings. The highest BCUT2D eigenvalue weighted by Crippen LogP contribution is 2.49. The molecule has 0 amide bonds. The second kappa shape index (κ2) is 7.64. The number of nitrogens with zero attached hydrogens (tertiary/aromatic N) is 1. The Morgan fingerprint density at radius 2 is 1.91 bits per heavy atom. The van der Waals surface area contributed by atoms with Crippen LogP contribution in [0.15, 0.2) is 40.2 Å². The van der Waals surface area contributed by atoms with E-state index in [9.17, 15) is 26.7 Å². The Morgan fingerprint density at radius 3 is 2.50 bits per heavy atom. The Kier molecular flexibility index (Phi) is 5.46. The van der Waals surface area contributed by atoms with Gasteiger partial charge < -0.3 is 15.6 Å². The highest BCUT2D eigenvalue weighted by atomic mass is 35.5. The number of aliphatic imine (C=N–C) groups is 1. The van der Waals surface area contributed by atoms with Crippen LogP contribution in [-0.4, -0.2) is 44.0 Å². The fourth-order valence-corrected chi connectivity index (χ4v) is 6.24. The zero-order valence-corrected chi connectivity index (χ0v) is 18.5. The molecule has 4 rings (SSSR count). The minimum Gasteiger partial charge on any atom is -0.495 e. The molecule has 2 aromatic carbocycles. The van der Waals surface area contributed by atoms with Crippen molar-refractivity contribution in [2.45, 2.75) is 36.1 Å². The lowest BCUT2D eigenvalue weighted by atomic mass is 9.71. The largest absolute Gasteiger partial charge is 0.495 e. The number of hydrogen-bond acceptors (Lipinski definition) is 6. The molecule has 1 fully saturated rings. The third kappa shape index (κ3) is 3.74. The lowest BCUT2D eigenvalue weighted by Crippen LogP contribution is -2.56. The van der Waals surface area contributed by atoms with Crippen LogP contribution >= 0.6 is 11.6 Å². The van der Waals surface area contributed by atoms with Crippen LogP contribution in [0.3, 0.4) is 0 Å². The molecule has 1 aliphatic heterocycles. The van der Waals surface area contributed by atoms with Crippen LogP contribution in [0.25, 0.3) is 11.1 Å². The first-order valence-electron chi connectivity index (χ1n) is 9.68. The van der Waals surface area contributed by atoms with Crippen LogP contribution in [0.2, 0.25) is 5.02 Å². The summed E-state index contributed by atoms with van der Waals surface area (Å²) >= 11 is 6.41. The Balaban J connectivity index is 1.60. The van der Waals surface area contributed by atoms with Gasteiger partial charge in [0.2, 0.25) is 0 Å². The fourth-order valence-electron chi connectivity index (χ4n) is 4.27. The highest BCUT2D eigenvalue weighted by Gasteiger charge is 2.61. The Bertz CT molecular complexity index is 1220. The molecule has 0 aromatic heterocycles. The number of nitrogens with two attached hydrogens (primary N) is 1. The SMILES string of the molecule is COc1c(-c2ccc(S(=O)(=O)CC3CC(O)(C(F)(F)F)C3)cc2Cl)ccc2c1C(N)=NC2. The predicted octanol–water partition coefficient (Wildman–Crippen LogP) is 3.71. The Labute approximate surface area is 187 Å². The summed E-state index contributed by atoms with van der Waals surface area (Å²) in [4.78, 5) is 4.09. The van der Waals surface area contributed by atoms with Crippen LogP contribution < -0.4 is 10.5 Å². The van der Waals surface area contributed by atoms with E-state index in [0.717, 1.165) is 5.56 Å². The lowest BCUT2D eigenvalue weighted by molar-refractivity contribution is -0.296. The van der Waals surface area contributed by atoms with Crippen LogP contribution in [0, 0.1) is 5.92 Å². The number of ether oxygens (including phenoxy) is 1. The van der Waals surface area contributed by atoms with Gasteiger partial charge in [-0.3, -0.25) is 4.99 Å². The summed E-state index contributed by atoms with van der Waals surface area (Å²) in [5, 5.41) is 9.69. The summed E-state index contributed by atoms with van der Waals surface area (Å²) in [6, 6.07) is 7.78. The van der Waals surface area contributed by atoms with Crippen molar-refractivity contribution in [1.29, 1.82) is 0 Å². The topological polar surface area (TPSA) is 102 Å². The zero-order valence-electron chi connectivity index (χ0n) is 16.9. The third-order valence-corrected chi connectivity index (χ3v) is 8.14. The average Bonchev–Trinajstić information content (AvgIpc) is 3.06. The molecule has 1 heterocycles. The minimum atomic E-state index is -4.78. The van der Waals surface area contributed by atoms with Crippen molar-refractivity contribution >= 4 is 27.3 Å². The second-order valence-electron chi connectivity index (χ2n) is 8.11. The molecule has 0 atom stereocenters. The first-order valence-corrected chi connectivity index (χ1v) is 11.7. The Morgan fingerprint density at radius 1 is 1.25 bits per heavy atom. The Hall–Kier alpha value is -2.30. The van der Waals surface area contributed by atoms with E-state index in [4.69, 9.17) is 22.1 Å². The minimum absolute atomic E-state index is 0.102. The van der Waals surface area contributed by atoms with Crippen molar-refractivity contribution in [2.24, 2.45) is 16.6 Å². The molecule has 0 spiro atoms. The number of sulfone groups is 1. The lowest BCUT2D eigenvalue weighted by Gasteiger charge is -2.44. The summed E-state index contributed by atoms with van der Waals surface area (Å²) < 4.78 is 69.4. The van der Waals surface area contributed by atoms with Gasteiger partial charge in [-0.2, -0.15) is 13.2 Å². The molecule has 1 aliphatic carbocycles. The molecule has 0 radical (unpaired) electrons. The molecule has 32 heavy (non-hydrogen) atoms. The predicted molar refractivity (Wildman–Crippen MR) is 114 cm³/mol. The van der Waals surface area contributed by atoms with Gasteiger partial charge in [0.15, 0.2) is 15.4 Å². The van der Waals surface area contributed by atoms with Crippen molar-refractivity contribution in [3.63, 3.8) is 0 Å². The van der Waals surface area contributed by atoms with Crippen LogP contribution in [-0.2, 0) is 16.4 Å². The third-order valence-electron chi connectivity index (χ3n) is 5.95. The number of amidine groups is 1. The number of benzene rings is 2. The summed E-state index contributed by atoms with van der Waals surface area (Å²) in [5.41, 5.74) is 5.84. The van der Waals surface area contributed by atoms with Crippen molar-refractivity contribution in [1.82, 2.24) is 0 Å². The van der Waals surface area contributed by atoms with Gasteiger partial charge in [0.1, 0.15) is 11.6 Å². The van der Waals surface area contributed by atoms with Crippen molar-refractivity contribution in [3.8, 4) is 16.9 Å². The molecule has 3 N–H and O–H groups in total. The van der Waals surface area contributed by atoms with Crippen molar-refractivity contribution < 1.29 is 31.4 Å². The summed E-state index contributed by atoms with van der Waals surface area (Å²) in [6.45, 7) is 0.438. The first-order chi connectivity index (χ1) is 14.9. The number of methoxy groups -OCH3 is 1. The maximum Gasteiger partial charge on any atom is 0.417 e. The number of rotatable bonds is 5. The molecular formula is C21H20ClF3N2O4S. The first kappa shape index (κ1) is 22.9. The second-order valence-corrected chi connectivity index (χ2v) is 10.6. The number of aliphatic hydroxyl groups is 1. The van der Waals surface area contributed by atoms with Crippen molar-refractivity contribution in [2.75, 3.05) is 12.9 Å². The van der Waals surface area contributed by atoms with Gasteiger partial charge >= 0.3 is 6.18 Å². The van der Waals surface area contributed by atoms with E-state index >= 15 is 0 Å². The average molecular weight is 489 g/mol. The maximum absolute atomic E-state index is 12.8. The molecule has 0 saturated heterocycles. The summed E-state index contributed by atoms with van der Waals surface area (Å²) in [5.74, 6) is -0.479. The molecule has 172 valence electrons. The van der Waals surface area contributed by atoms with Gasteiger partial charge in [-0.15, -0.1) is 0 Å². The van der Waals surface area contributed by atoms with E-state index in [1.54, 1.807) is 6.07 Å². The number of hydrogen-bond donors (Lipinski definition) is 2. The van der Waals surface area contributed by atoms with Gasteiger partial charge in [0.25, 0.3) is 0 Å². The number of alkyl halides is 3. The molecule has 2 aromatic rings. The van der Waals surface area contributed by atoms with E-state index in [2.05, 4.69) is 4.99 Å². The number of halogens is 4. The van der Waals surface area contributed by atoms with Crippen LogP contribution in [0.5, 0.6) is 5.75 Å². The standard InChI is InChI=1S/C21H20ClF3N2O4S/c1-31-18-15(4-2-12-9-27-19(26)17(12)18)14-5-3-13(6-16(14)22)32(29,30)10-11-7-20(28,8-11)21(23,24)25/h2-6,11,28H,7-10H2,1H3,(H2,26,27). The quantitative estimate of drug-likeness (QED) is 0.668. The molecule has 11 heteroatoms. The van der Waals surface area contributed by atoms with Gasteiger partial charge in [-0.1, -0.05) is 29.8 Å². The number of fused-ring (bicyclic) bond motifs is 1. The van der Waals surface area contributed by atoms with E-state index in [0.29, 0.717) is 34.8 Å². The van der Waals surface area contributed by atoms with Crippen LogP contribution in [0.1, 0.15) is 24.0 Å². The molecule has 0 bridgehead atoms. The van der Waals surface area contributed by atoms with Crippen molar-refractivity contribution in [3.05, 3.63) is 46.5 Å². The summed E-state index contributed by atoms with van der Waals surface area (Å²) in [7, 11) is -2.42. The normalized spacial score (nSPS) is 22.8.